The van der Waals surface area contributed by atoms with Crippen LogP contribution in [0.4, 0.5) is 10.3 Å². The summed E-state index contributed by atoms with van der Waals surface area (Å²) in [6.07, 6.45) is -0.889. The zero-order valence-electron chi connectivity index (χ0n) is 17.8. The topological polar surface area (TPSA) is 96.8 Å². The van der Waals surface area contributed by atoms with E-state index in [-0.39, 0.29) is 19.2 Å². The molecule has 1 aliphatic heterocycles. The SMILES string of the molecule is Nc1ncnc2nc([C@@H]3O[C@H](COCc4ccccc4)[C@@H](OCc4ccccc4)[C@H]3F)cn12. The lowest BCUT2D eigenvalue weighted by atomic mass is 10.1. The molecular formula is C24H24FN5O3. The highest BCUT2D eigenvalue weighted by Gasteiger charge is 2.47. The molecule has 4 aromatic rings. The van der Waals surface area contributed by atoms with Gasteiger partial charge in [-0.05, 0) is 11.1 Å². The van der Waals surface area contributed by atoms with E-state index >= 15 is 4.39 Å². The molecule has 0 unspecified atom stereocenters. The van der Waals surface area contributed by atoms with Gasteiger partial charge in [0.25, 0.3) is 0 Å². The fraction of sp³-hybridized carbons (Fsp3) is 0.292. The molecule has 0 amide bonds. The van der Waals surface area contributed by atoms with Crippen molar-refractivity contribution in [1.29, 1.82) is 0 Å². The Morgan fingerprint density at radius 2 is 1.67 bits per heavy atom. The van der Waals surface area contributed by atoms with Crippen molar-refractivity contribution in [2.75, 3.05) is 12.3 Å². The van der Waals surface area contributed by atoms with Gasteiger partial charge in [-0.3, -0.25) is 4.40 Å². The smallest absolute Gasteiger partial charge is 0.238 e. The summed E-state index contributed by atoms with van der Waals surface area (Å²) in [4.78, 5) is 12.4. The van der Waals surface area contributed by atoms with E-state index in [2.05, 4.69) is 15.0 Å². The molecule has 9 heteroatoms. The average molecular weight is 449 g/mol. The highest BCUT2D eigenvalue weighted by Crippen LogP contribution is 2.37. The molecule has 0 aliphatic carbocycles. The van der Waals surface area contributed by atoms with Crippen LogP contribution in [0.5, 0.6) is 0 Å². The Hall–Kier alpha value is -3.40. The Kier molecular flexibility index (Phi) is 6.25. The van der Waals surface area contributed by atoms with E-state index in [1.54, 1.807) is 6.20 Å². The number of alkyl halides is 1. The van der Waals surface area contributed by atoms with Crippen molar-refractivity contribution in [1.82, 2.24) is 19.4 Å². The van der Waals surface area contributed by atoms with Crippen LogP contribution < -0.4 is 5.73 Å². The molecule has 2 aromatic carbocycles. The largest absolute Gasteiger partial charge is 0.374 e. The molecule has 5 rings (SSSR count). The second-order valence-electron chi connectivity index (χ2n) is 7.87. The monoisotopic (exact) mass is 449 g/mol. The van der Waals surface area contributed by atoms with Crippen LogP contribution in [0.1, 0.15) is 22.9 Å². The van der Waals surface area contributed by atoms with Crippen molar-refractivity contribution in [3.8, 4) is 0 Å². The second-order valence-corrected chi connectivity index (χ2v) is 7.87. The molecule has 1 aliphatic rings. The number of benzene rings is 2. The Morgan fingerprint density at radius 1 is 0.970 bits per heavy atom. The van der Waals surface area contributed by atoms with Gasteiger partial charge in [-0.15, -0.1) is 0 Å². The number of hydrogen-bond donors (Lipinski definition) is 1. The fourth-order valence-electron chi connectivity index (χ4n) is 3.91. The first-order chi connectivity index (χ1) is 16.2. The number of imidazole rings is 1. The van der Waals surface area contributed by atoms with Gasteiger partial charge in [0.15, 0.2) is 6.17 Å². The first-order valence-electron chi connectivity index (χ1n) is 10.7. The van der Waals surface area contributed by atoms with Crippen LogP contribution in [-0.4, -0.2) is 44.3 Å². The van der Waals surface area contributed by atoms with Crippen molar-refractivity contribution in [3.05, 3.63) is 90.0 Å². The van der Waals surface area contributed by atoms with Crippen molar-refractivity contribution < 1.29 is 18.6 Å². The quantitative estimate of drug-likeness (QED) is 0.441. The Balaban J connectivity index is 1.33. The van der Waals surface area contributed by atoms with Crippen LogP contribution in [0, 0.1) is 0 Å². The Morgan fingerprint density at radius 3 is 2.36 bits per heavy atom. The minimum atomic E-state index is -1.45. The fourth-order valence-corrected chi connectivity index (χ4v) is 3.91. The van der Waals surface area contributed by atoms with Gasteiger partial charge in [0.1, 0.15) is 24.6 Å². The molecule has 3 heterocycles. The number of hydrogen-bond acceptors (Lipinski definition) is 7. The maximum atomic E-state index is 15.6. The number of anilines is 1. The van der Waals surface area contributed by atoms with E-state index in [4.69, 9.17) is 19.9 Å². The van der Waals surface area contributed by atoms with Crippen LogP contribution in [0.3, 0.4) is 0 Å². The van der Waals surface area contributed by atoms with Crippen LogP contribution in [0.2, 0.25) is 0 Å². The zero-order valence-corrected chi connectivity index (χ0v) is 17.8. The maximum absolute atomic E-state index is 15.6. The Labute approximate surface area is 190 Å². The predicted octanol–water partition coefficient (Wildman–Crippen LogP) is 3.29. The number of ether oxygens (including phenoxy) is 3. The van der Waals surface area contributed by atoms with Crippen molar-refractivity contribution in [2.45, 2.75) is 37.7 Å². The number of nitrogens with two attached hydrogens (primary N) is 1. The van der Waals surface area contributed by atoms with E-state index in [1.807, 2.05) is 60.7 Å². The van der Waals surface area contributed by atoms with E-state index in [1.165, 1.54) is 10.7 Å². The third kappa shape index (κ3) is 4.70. The second kappa shape index (κ2) is 9.62. The molecule has 0 radical (unpaired) electrons. The lowest BCUT2D eigenvalue weighted by Gasteiger charge is -2.20. The van der Waals surface area contributed by atoms with Gasteiger partial charge >= 0.3 is 0 Å². The maximum Gasteiger partial charge on any atom is 0.238 e. The average Bonchev–Trinajstić information content (AvgIpc) is 3.41. The van der Waals surface area contributed by atoms with Crippen LogP contribution in [0.15, 0.2) is 73.2 Å². The minimum Gasteiger partial charge on any atom is -0.374 e. The van der Waals surface area contributed by atoms with E-state index in [0.29, 0.717) is 18.1 Å². The summed E-state index contributed by atoms with van der Waals surface area (Å²) in [6, 6.07) is 19.4. The summed E-state index contributed by atoms with van der Waals surface area (Å²) in [5.74, 6) is 0.547. The molecule has 0 bridgehead atoms. The minimum absolute atomic E-state index is 0.181. The molecule has 8 nitrogen and oxygen atoms in total. The summed E-state index contributed by atoms with van der Waals surface area (Å²) in [5, 5.41) is 0. The van der Waals surface area contributed by atoms with Gasteiger partial charge in [-0.1, -0.05) is 60.7 Å². The lowest BCUT2D eigenvalue weighted by molar-refractivity contribution is -0.0740. The van der Waals surface area contributed by atoms with Crippen LogP contribution >= 0.6 is 0 Å². The lowest BCUT2D eigenvalue weighted by Crippen LogP contribution is -2.34. The van der Waals surface area contributed by atoms with Crippen molar-refractivity contribution in [3.63, 3.8) is 0 Å². The number of nitrogens with zero attached hydrogens (tertiary/aromatic N) is 4. The van der Waals surface area contributed by atoms with Gasteiger partial charge in [0.2, 0.25) is 11.7 Å². The summed E-state index contributed by atoms with van der Waals surface area (Å²) in [7, 11) is 0. The number of rotatable bonds is 8. The first-order valence-corrected chi connectivity index (χ1v) is 10.7. The van der Waals surface area contributed by atoms with Gasteiger partial charge in [-0.2, -0.15) is 0 Å². The third-order valence-corrected chi connectivity index (χ3v) is 5.58. The number of halogens is 1. The van der Waals surface area contributed by atoms with Crippen LogP contribution in [-0.2, 0) is 27.4 Å². The zero-order chi connectivity index (χ0) is 22.6. The van der Waals surface area contributed by atoms with Crippen molar-refractivity contribution in [2.24, 2.45) is 0 Å². The molecule has 0 saturated carbocycles. The van der Waals surface area contributed by atoms with Crippen LogP contribution in [0.25, 0.3) is 5.78 Å². The third-order valence-electron chi connectivity index (χ3n) is 5.58. The molecule has 0 spiro atoms. The molecule has 33 heavy (non-hydrogen) atoms. The molecule has 2 aromatic heterocycles. The number of aromatic nitrogens is 4. The molecule has 170 valence electrons. The summed E-state index contributed by atoms with van der Waals surface area (Å²) >= 11 is 0. The highest BCUT2D eigenvalue weighted by molar-refractivity contribution is 5.38. The summed E-state index contributed by atoms with van der Waals surface area (Å²) < 4.78 is 35.1. The summed E-state index contributed by atoms with van der Waals surface area (Å²) in [5.41, 5.74) is 8.25. The molecule has 1 saturated heterocycles. The van der Waals surface area contributed by atoms with E-state index in [0.717, 1.165) is 11.1 Å². The number of fused-ring (bicyclic) bond motifs is 1. The predicted molar refractivity (Wildman–Crippen MR) is 119 cm³/mol. The van der Waals surface area contributed by atoms with E-state index < -0.39 is 24.5 Å². The first kappa shape index (κ1) is 21.4. The summed E-state index contributed by atoms with van der Waals surface area (Å²) in [6.45, 7) is 0.843. The van der Waals surface area contributed by atoms with Gasteiger partial charge in [-0.25, -0.2) is 19.3 Å². The number of nitrogen functional groups attached to an aromatic ring is 1. The normalized spacial score (nSPS) is 22.7. The Bertz CT molecular complexity index is 1190. The van der Waals surface area contributed by atoms with Gasteiger partial charge in [0, 0.05) is 6.20 Å². The van der Waals surface area contributed by atoms with Gasteiger partial charge < -0.3 is 19.9 Å². The molecule has 4 atom stereocenters. The van der Waals surface area contributed by atoms with E-state index in [9.17, 15) is 0 Å². The molecule has 2 N–H and O–H groups in total. The molecule has 1 fully saturated rings. The highest BCUT2D eigenvalue weighted by atomic mass is 19.1. The van der Waals surface area contributed by atoms with Gasteiger partial charge in [0.05, 0.1) is 25.5 Å². The van der Waals surface area contributed by atoms with Crippen molar-refractivity contribution >= 4 is 11.7 Å². The standard InChI is InChI=1S/C24H24FN5O3/c25-20-21(18-11-30-23(26)27-15-28-24(30)29-18)33-19(14-31-12-16-7-3-1-4-8-16)22(20)32-13-17-9-5-2-6-10-17/h1-11,15,19-22H,12-14H2,(H2,26,27,28,29)/t19-,20+,21+,22-/m1/s1. The molecular weight excluding hydrogens is 425 g/mol.